The van der Waals surface area contributed by atoms with Crippen molar-refractivity contribution in [2.45, 2.75) is 37.6 Å². The van der Waals surface area contributed by atoms with Crippen molar-refractivity contribution < 1.29 is 27.7 Å². The number of rotatable bonds is 8. The van der Waals surface area contributed by atoms with Crippen molar-refractivity contribution in [1.29, 1.82) is 0 Å². The maximum absolute atomic E-state index is 12.4. The molecule has 1 amide bonds. The zero-order valence-electron chi connectivity index (χ0n) is 16.9. The molecule has 11 heteroatoms. The number of carbonyl (C=O) groups excluding carboxylic acids is 2. The molecule has 0 unspecified atom stereocenters. The average molecular weight is 447 g/mol. The van der Waals surface area contributed by atoms with Crippen LogP contribution in [0.5, 0.6) is 0 Å². The zero-order chi connectivity index (χ0) is 22.8. The van der Waals surface area contributed by atoms with Crippen molar-refractivity contribution in [3.05, 3.63) is 63.2 Å². The fourth-order valence-electron chi connectivity index (χ4n) is 2.83. The monoisotopic (exact) mass is 447 g/mol. The Morgan fingerprint density at radius 3 is 2.55 bits per heavy atom. The number of nitrogens with one attached hydrogen (secondary N) is 2. The van der Waals surface area contributed by atoms with E-state index in [9.17, 15) is 28.1 Å². The summed E-state index contributed by atoms with van der Waals surface area (Å²) in [6.45, 7) is 2.47. The van der Waals surface area contributed by atoms with Crippen LogP contribution in [0.2, 0.25) is 0 Å². The number of nitro benzene ring substituents is 1. The highest BCUT2D eigenvalue weighted by Crippen LogP contribution is 2.25. The molecule has 31 heavy (non-hydrogen) atoms. The minimum absolute atomic E-state index is 0.0259. The van der Waals surface area contributed by atoms with Crippen LogP contribution in [0, 0.1) is 24.0 Å². The van der Waals surface area contributed by atoms with Crippen LogP contribution >= 0.6 is 0 Å². The van der Waals surface area contributed by atoms with Gasteiger partial charge in [0.25, 0.3) is 11.6 Å². The fourth-order valence-corrected chi connectivity index (χ4v) is 4.16. The van der Waals surface area contributed by atoms with E-state index in [1.165, 1.54) is 43.3 Å². The lowest BCUT2D eigenvalue weighted by Crippen LogP contribution is -2.26. The molecule has 3 rings (SSSR count). The molecular formula is C20H21N3O7S. The molecular weight excluding hydrogens is 426 g/mol. The molecule has 0 heterocycles. The van der Waals surface area contributed by atoms with Crippen LogP contribution in [-0.2, 0) is 19.6 Å². The molecule has 0 saturated heterocycles. The van der Waals surface area contributed by atoms with Crippen LogP contribution in [0.3, 0.4) is 0 Å². The number of ether oxygens (including phenoxy) is 1. The first kappa shape index (κ1) is 22.4. The van der Waals surface area contributed by atoms with Crippen molar-refractivity contribution in [2.24, 2.45) is 0 Å². The van der Waals surface area contributed by atoms with Crippen LogP contribution in [0.1, 0.15) is 34.3 Å². The fraction of sp³-hybridized carbons (Fsp3) is 0.300. The van der Waals surface area contributed by atoms with Crippen LogP contribution in [0.25, 0.3) is 0 Å². The first-order chi connectivity index (χ1) is 14.6. The van der Waals surface area contributed by atoms with E-state index in [1.807, 2.05) is 0 Å². The number of anilines is 1. The largest absolute Gasteiger partial charge is 0.452 e. The van der Waals surface area contributed by atoms with E-state index in [2.05, 4.69) is 10.0 Å². The van der Waals surface area contributed by atoms with Gasteiger partial charge in [-0.3, -0.25) is 14.9 Å². The summed E-state index contributed by atoms with van der Waals surface area (Å²) >= 11 is 0. The summed E-state index contributed by atoms with van der Waals surface area (Å²) in [7, 11) is -3.75. The quantitative estimate of drug-likeness (QED) is 0.359. The van der Waals surface area contributed by atoms with E-state index in [4.69, 9.17) is 4.74 Å². The third-order valence-electron chi connectivity index (χ3n) is 4.75. The predicted molar refractivity (Wildman–Crippen MR) is 111 cm³/mol. The van der Waals surface area contributed by atoms with Crippen LogP contribution in [-0.4, -0.2) is 37.9 Å². The normalized spacial score (nSPS) is 13.5. The Morgan fingerprint density at radius 2 is 1.90 bits per heavy atom. The third-order valence-corrected chi connectivity index (χ3v) is 6.27. The van der Waals surface area contributed by atoms with Crippen molar-refractivity contribution in [3.8, 4) is 0 Å². The molecule has 1 saturated carbocycles. The van der Waals surface area contributed by atoms with E-state index in [0.29, 0.717) is 5.56 Å². The van der Waals surface area contributed by atoms with Gasteiger partial charge in [-0.25, -0.2) is 17.9 Å². The van der Waals surface area contributed by atoms with E-state index >= 15 is 0 Å². The lowest BCUT2D eigenvalue weighted by atomic mass is 10.1. The molecule has 2 N–H and O–H groups in total. The molecule has 1 aliphatic rings. The Kier molecular flexibility index (Phi) is 6.37. The lowest BCUT2D eigenvalue weighted by Gasteiger charge is -2.11. The Labute approximate surface area is 178 Å². The summed E-state index contributed by atoms with van der Waals surface area (Å²) in [5.74, 6) is -1.54. The number of benzene rings is 2. The van der Waals surface area contributed by atoms with Gasteiger partial charge in [0.1, 0.15) is 0 Å². The molecule has 2 aromatic rings. The molecule has 1 aliphatic carbocycles. The predicted octanol–water partition coefficient (Wildman–Crippen LogP) is 2.45. The second-order valence-electron chi connectivity index (χ2n) is 7.20. The van der Waals surface area contributed by atoms with E-state index in [1.54, 1.807) is 6.92 Å². The highest BCUT2D eigenvalue weighted by atomic mass is 32.2. The second-order valence-corrected chi connectivity index (χ2v) is 8.92. The van der Waals surface area contributed by atoms with Crippen LogP contribution in [0.15, 0.2) is 41.3 Å². The molecule has 0 aliphatic heterocycles. The Morgan fingerprint density at radius 1 is 1.19 bits per heavy atom. The van der Waals surface area contributed by atoms with Crippen molar-refractivity contribution >= 4 is 33.3 Å². The van der Waals surface area contributed by atoms with Gasteiger partial charge < -0.3 is 10.1 Å². The minimum Gasteiger partial charge on any atom is -0.452 e. The maximum atomic E-state index is 12.4. The SMILES string of the molecule is Cc1ccc(S(=O)(=O)NC2CC2)cc1C(=O)OCC(=O)Nc1cccc([N+](=O)[O-])c1C. The molecule has 10 nitrogen and oxygen atoms in total. The van der Waals surface area contributed by atoms with Gasteiger partial charge in [0.05, 0.1) is 26.6 Å². The topological polar surface area (TPSA) is 145 Å². The number of hydrogen-bond donors (Lipinski definition) is 2. The van der Waals surface area contributed by atoms with Gasteiger partial charge in [-0.2, -0.15) is 0 Å². The Bertz CT molecular complexity index is 1160. The summed E-state index contributed by atoms with van der Waals surface area (Å²) in [5.41, 5.74) is 0.862. The third kappa shape index (κ3) is 5.44. The highest BCUT2D eigenvalue weighted by molar-refractivity contribution is 7.89. The number of carbonyl (C=O) groups is 2. The van der Waals surface area contributed by atoms with Gasteiger partial charge in [-0.1, -0.05) is 12.1 Å². The summed E-state index contributed by atoms with van der Waals surface area (Å²) in [5, 5.41) is 13.5. The minimum atomic E-state index is -3.75. The number of sulfonamides is 1. The molecule has 164 valence electrons. The van der Waals surface area contributed by atoms with Gasteiger partial charge in [0.15, 0.2) is 6.61 Å². The van der Waals surface area contributed by atoms with E-state index in [0.717, 1.165) is 12.8 Å². The number of aryl methyl sites for hydroxylation is 1. The van der Waals surface area contributed by atoms with Gasteiger partial charge in [0, 0.05) is 12.1 Å². The number of hydrogen-bond acceptors (Lipinski definition) is 7. The van der Waals surface area contributed by atoms with Crippen LogP contribution < -0.4 is 10.0 Å². The average Bonchev–Trinajstić information content (AvgIpc) is 3.51. The van der Waals surface area contributed by atoms with Gasteiger partial charge in [0.2, 0.25) is 10.0 Å². The van der Waals surface area contributed by atoms with Crippen molar-refractivity contribution in [1.82, 2.24) is 4.72 Å². The van der Waals surface area contributed by atoms with E-state index < -0.39 is 33.4 Å². The molecule has 0 radical (unpaired) electrons. The lowest BCUT2D eigenvalue weighted by molar-refractivity contribution is -0.385. The number of nitro groups is 1. The first-order valence-corrected chi connectivity index (χ1v) is 10.9. The maximum Gasteiger partial charge on any atom is 0.338 e. The summed E-state index contributed by atoms with van der Waals surface area (Å²) in [6, 6.07) is 8.25. The molecule has 0 aromatic heterocycles. The second kappa shape index (κ2) is 8.82. The summed E-state index contributed by atoms with van der Waals surface area (Å²) < 4.78 is 32.3. The van der Waals surface area contributed by atoms with Crippen molar-refractivity contribution in [3.63, 3.8) is 0 Å². The summed E-state index contributed by atoms with van der Waals surface area (Å²) in [6.07, 6.45) is 1.55. The van der Waals surface area contributed by atoms with Crippen LogP contribution in [0.4, 0.5) is 11.4 Å². The van der Waals surface area contributed by atoms with Gasteiger partial charge in [-0.15, -0.1) is 0 Å². The number of esters is 1. The standard InChI is InChI=1S/C20H21N3O7S/c1-12-6-9-15(31(28,29)22-14-7-8-14)10-16(12)20(25)30-11-19(24)21-17-4-3-5-18(13(17)2)23(26)27/h3-6,9-10,14,22H,7-8,11H2,1-2H3,(H,21,24). The molecule has 0 spiro atoms. The Balaban J connectivity index is 1.67. The Hall–Kier alpha value is -3.31. The van der Waals surface area contributed by atoms with E-state index in [-0.39, 0.29) is 33.4 Å². The molecule has 0 atom stereocenters. The molecule has 2 aromatic carbocycles. The first-order valence-electron chi connectivity index (χ1n) is 9.42. The highest BCUT2D eigenvalue weighted by Gasteiger charge is 2.28. The number of nitrogens with zero attached hydrogens (tertiary/aromatic N) is 1. The molecule has 1 fully saturated rings. The number of amides is 1. The zero-order valence-corrected chi connectivity index (χ0v) is 17.7. The molecule has 0 bridgehead atoms. The van der Waals surface area contributed by atoms with Gasteiger partial charge >= 0.3 is 5.97 Å². The van der Waals surface area contributed by atoms with Gasteiger partial charge in [-0.05, 0) is 50.5 Å². The summed E-state index contributed by atoms with van der Waals surface area (Å²) in [4.78, 5) is 35.0. The van der Waals surface area contributed by atoms with Crippen molar-refractivity contribution in [2.75, 3.05) is 11.9 Å². The smallest absolute Gasteiger partial charge is 0.338 e.